The van der Waals surface area contributed by atoms with Crippen molar-refractivity contribution in [3.63, 3.8) is 0 Å². The summed E-state index contributed by atoms with van der Waals surface area (Å²) in [5.41, 5.74) is 3.03. The molecular weight excluding hydrogens is 260 g/mol. The Hall–Kier alpha value is -2.32. The zero-order valence-electron chi connectivity index (χ0n) is 12.3. The lowest BCUT2D eigenvalue weighted by Gasteiger charge is -2.18. The first-order valence-corrected chi connectivity index (χ1v) is 6.90. The highest BCUT2D eigenvalue weighted by atomic mass is 16.7. The smallest absolute Gasteiger partial charge is 0.219 e. The lowest BCUT2D eigenvalue weighted by molar-refractivity contribution is -0.0554. The molecule has 108 valence electrons. The number of rotatable bonds is 7. The Balaban J connectivity index is 2.03. The van der Waals surface area contributed by atoms with Gasteiger partial charge in [0.1, 0.15) is 5.75 Å². The van der Waals surface area contributed by atoms with Gasteiger partial charge in [0.15, 0.2) is 0 Å². The minimum atomic E-state index is -0.495. The summed E-state index contributed by atoms with van der Waals surface area (Å²) in [5, 5.41) is 0. The van der Waals surface area contributed by atoms with Crippen LogP contribution in [0.1, 0.15) is 18.1 Å². The third kappa shape index (κ3) is 4.33. The highest BCUT2D eigenvalue weighted by Crippen LogP contribution is 2.25. The van der Waals surface area contributed by atoms with E-state index in [2.05, 4.69) is 13.2 Å². The van der Waals surface area contributed by atoms with Crippen molar-refractivity contribution in [3.05, 3.63) is 85.0 Å². The van der Waals surface area contributed by atoms with Crippen molar-refractivity contribution in [2.24, 2.45) is 0 Å². The fourth-order valence-electron chi connectivity index (χ4n) is 1.95. The highest BCUT2D eigenvalue weighted by molar-refractivity contribution is 5.66. The Morgan fingerprint density at radius 1 is 1.10 bits per heavy atom. The Morgan fingerprint density at radius 3 is 2.43 bits per heavy atom. The molecule has 0 fully saturated rings. The summed E-state index contributed by atoms with van der Waals surface area (Å²) in [5.74, 6) is 0.753. The molecule has 2 aromatic rings. The van der Waals surface area contributed by atoms with Crippen LogP contribution in [0.3, 0.4) is 0 Å². The molecule has 0 saturated heterocycles. The minimum absolute atomic E-state index is 0.479. The zero-order chi connectivity index (χ0) is 15.1. The predicted molar refractivity (Wildman–Crippen MR) is 87.0 cm³/mol. The molecule has 0 aromatic heterocycles. The Morgan fingerprint density at radius 2 is 1.76 bits per heavy atom. The van der Waals surface area contributed by atoms with Gasteiger partial charge in [-0.25, -0.2) is 0 Å². The first-order valence-electron chi connectivity index (χ1n) is 6.90. The number of para-hydroxylation sites is 1. The maximum absolute atomic E-state index is 5.88. The first-order chi connectivity index (χ1) is 10.2. The van der Waals surface area contributed by atoms with E-state index in [-0.39, 0.29) is 0 Å². The van der Waals surface area contributed by atoms with Crippen LogP contribution in [0, 0.1) is 0 Å². The van der Waals surface area contributed by atoms with Gasteiger partial charge in [0, 0.05) is 5.56 Å². The van der Waals surface area contributed by atoms with Crippen LogP contribution in [-0.4, -0.2) is 6.29 Å². The molecule has 0 radical (unpaired) electrons. The molecule has 2 heteroatoms. The van der Waals surface area contributed by atoms with E-state index in [1.807, 2.05) is 61.5 Å². The Kier molecular flexibility index (Phi) is 5.35. The maximum atomic E-state index is 5.88. The molecule has 1 unspecified atom stereocenters. The summed E-state index contributed by atoms with van der Waals surface area (Å²) in [4.78, 5) is 0. The van der Waals surface area contributed by atoms with E-state index in [1.165, 1.54) is 0 Å². The lowest BCUT2D eigenvalue weighted by atomic mass is 10.1. The third-order valence-corrected chi connectivity index (χ3v) is 3.04. The number of allylic oxidation sites excluding steroid dienone is 1. The van der Waals surface area contributed by atoms with Gasteiger partial charge >= 0.3 is 0 Å². The fraction of sp³-hybridized carbons (Fsp3) is 0.158. The maximum Gasteiger partial charge on any atom is 0.219 e. The van der Waals surface area contributed by atoms with Crippen LogP contribution in [0.2, 0.25) is 0 Å². The van der Waals surface area contributed by atoms with Gasteiger partial charge < -0.3 is 9.47 Å². The van der Waals surface area contributed by atoms with Crippen molar-refractivity contribution in [3.8, 4) is 5.75 Å². The van der Waals surface area contributed by atoms with Crippen molar-refractivity contribution in [2.75, 3.05) is 0 Å². The number of ether oxygens (including phenoxy) is 2. The molecule has 0 saturated carbocycles. The normalized spacial score (nSPS) is 11.7. The molecule has 2 rings (SSSR count). The molecule has 0 N–H and O–H groups in total. The number of hydrogen-bond acceptors (Lipinski definition) is 2. The Labute approximate surface area is 126 Å². The summed E-state index contributed by atoms with van der Waals surface area (Å²) < 4.78 is 11.6. The summed E-state index contributed by atoms with van der Waals surface area (Å²) in [6, 6.07) is 17.8. The summed E-state index contributed by atoms with van der Waals surface area (Å²) >= 11 is 0. The molecule has 0 aliphatic heterocycles. The second-order valence-corrected chi connectivity index (χ2v) is 4.80. The van der Waals surface area contributed by atoms with Crippen LogP contribution in [-0.2, 0) is 11.3 Å². The predicted octanol–water partition coefficient (Wildman–Crippen LogP) is 4.83. The molecule has 2 aromatic carbocycles. The van der Waals surface area contributed by atoms with Crippen LogP contribution in [0.25, 0.3) is 5.57 Å². The Bertz CT molecular complexity index is 602. The second kappa shape index (κ2) is 7.46. The van der Waals surface area contributed by atoms with E-state index < -0.39 is 6.29 Å². The van der Waals surface area contributed by atoms with E-state index in [0.717, 1.165) is 22.4 Å². The standard InChI is InChI=1S/C19H20O2/c1-4-19(20-14-16-10-6-5-7-11-16)21-18-13-9-8-12-17(18)15(2)3/h4-13,19H,1-2,14H2,3H3. The van der Waals surface area contributed by atoms with Gasteiger partial charge in [0.25, 0.3) is 0 Å². The van der Waals surface area contributed by atoms with Crippen molar-refractivity contribution in [1.82, 2.24) is 0 Å². The molecular formula is C19H20O2. The van der Waals surface area contributed by atoms with E-state index >= 15 is 0 Å². The van der Waals surface area contributed by atoms with Gasteiger partial charge in [-0.2, -0.15) is 0 Å². The van der Waals surface area contributed by atoms with E-state index in [9.17, 15) is 0 Å². The summed E-state index contributed by atoms with van der Waals surface area (Å²) in [6.07, 6.45) is 1.16. The van der Waals surface area contributed by atoms with Crippen LogP contribution in [0.5, 0.6) is 5.75 Å². The number of hydrogen-bond donors (Lipinski definition) is 0. The van der Waals surface area contributed by atoms with Crippen molar-refractivity contribution in [1.29, 1.82) is 0 Å². The van der Waals surface area contributed by atoms with Gasteiger partial charge in [-0.05, 0) is 30.2 Å². The van der Waals surface area contributed by atoms with Crippen LogP contribution in [0.4, 0.5) is 0 Å². The summed E-state index contributed by atoms with van der Waals surface area (Å²) in [7, 11) is 0. The largest absolute Gasteiger partial charge is 0.461 e. The van der Waals surface area contributed by atoms with Gasteiger partial charge in [0.2, 0.25) is 6.29 Å². The van der Waals surface area contributed by atoms with Crippen molar-refractivity contribution >= 4 is 5.57 Å². The van der Waals surface area contributed by atoms with Gasteiger partial charge in [-0.3, -0.25) is 0 Å². The molecule has 1 atom stereocenters. The zero-order valence-corrected chi connectivity index (χ0v) is 12.3. The highest BCUT2D eigenvalue weighted by Gasteiger charge is 2.10. The van der Waals surface area contributed by atoms with E-state index in [0.29, 0.717) is 6.61 Å². The molecule has 0 aliphatic rings. The van der Waals surface area contributed by atoms with E-state index in [4.69, 9.17) is 9.47 Å². The average Bonchev–Trinajstić information content (AvgIpc) is 2.52. The molecule has 21 heavy (non-hydrogen) atoms. The van der Waals surface area contributed by atoms with Gasteiger partial charge in [0.05, 0.1) is 6.61 Å². The molecule has 0 heterocycles. The molecule has 0 amide bonds. The molecule has 0 spiro atoms. The van der Waals surface area contributed by atoms with Crippen LogP contribution >= 0.6 is 0 Å². The topological polar surface area (TPSA) is 18.5 Å². The van der Waals surface area contributed by atoms with Gasteiger partial charge in [-0.15, -0.1) is 0 Å². The van der Waals surface area contributed by atoms with Crippen LogP contribution in [0.15, 0.2) is 73.8 Å². The molecule has 0 bridgehead atoms. The quantitative estimate of drug-likeness (QED) is 0.534. The van der Waals surface area contributed by atoms with Crippen molar-refractivity contribution in [2.45, 2.75) is 19.8 Å². The first kappa shape index (κ1) is 15.1. The monoisotopic (exact) mass is 280 g/mol. The molecule has 2 nitrogen and oxygen atoms in total. The second-order valence-electron chi connectivity index (χ2n) is 4.80. The van der Waals surface area contributed by atoms with Gasteiger partial charge in [-0.1, -0.05) is 61.7 Å². The lowest BCUT2D eigenvalue weighted by Crippen LogP contribution is -2.18. The fourth-order valence-corrected chi connectivity index (χ4v) is 1.95. The number of benzene rings is 2. The third-order valence-electron chi connectivity index (χ3n) is 3.04. The van der Waals surface area contributed by atoms with Crippen molar-refractivity contribution < 1.29 is 9.47 Å². The van der Waals surface area contributed by atoms with Crippen LogP contribution < -0.4 is 4.74 Å². The van der Waals surface area contributed by atoms with E-state index in [1.54, 1.807) is 6.08 Å². The average molecular weight is 280 g/mol. The summed E-state index contributed by atoms with van der Waals surface area (Å²) in [6.45, 7) is 10.2. The molecule has 0 aliphatic carbocycles. The SMILES string of the molecule is C=CC(OCc1ccccc1)Oc1ccccc1C(=C)C. The minimum Gasteiger partial charge on any atom is -0.461 e.